The third kappa shape index (κ3) is 17.9. The van der Waals surface area contributed by atoms with Crippen LogP contribution in [0.1, 0.15) is 26.7 Å². The second kappa shape index (κ2) is 20.4. The largest absolute Gasteiger partial charge is 0.396 e. The smallest absolute Gasteiger partial charge is 0.238 e. The van der Waals surface area contributed by atoms with Gasteiger partial charge < -0.3 is 41.7 Å². The summed E-state index contributed by atoms with van der Waals surface area (Å²) in [5, 5.41) is 48.1. The molecule has 0 aliphatic rings. The number of hydrogen-bond acceptors (Lipinski definition) is 11. The van der Waals surface area contributed by atoms with E-state index >= 15 is 0 Å². The summed E-state index contributed by atoms with van der Waals surface area (Å²) >= 11 is 0. The maximum Gasteiger partial charge on any atom is 0.238 e. The second-order valence-electron chi connectivity index (χ2n) is 6.99. The summed E-state index contributed by atoms with van der Waals surface area (Å²) in [5.74, 6) is 0.535. The molecule has 0 aromatic rings. The van der Waals surface area contributed by atoms with E-state index in [1.165, 1.54) is 31.4 Å². The van der Waals surface area contributed by atoms with Crippen molar-refractivity contribution in [1.82, 2.24) is 21.3 Å². The van der Waals surface area contributed by atoms with Crippen LogP contribution in [0.3, 0.4) is 0 Å². The molecule has 0 spiro atoms. The Bertz CT molecular complexity index is 438. The molecule has 2 amide bonds. The molecule has 0 saturated carbocycles. The molecule has 31 heavy (non-hydrogen) atoms. The first-order chi connectivity index (χ1) is 14.8. The van der Waals surface area contributed by atoms with E-state index < -0.39 is 24.3 Å². The molecule has 0 aliphatic heterocycles. The van der Waals surface area contributed by atoms with E-state index in [2.05, 4.69) is 21.3 Å². The number of aliphatic hydroxyl groups excluding tert-OH is 4. The van der Waals surface area contributed by atoms with Crippen LogP contribution in [0.5, 0.6) is 0 Å². The van der Waals surface area contributed by atoms with Gasteiger partial charge in [-0.05, 0) is 49.6 Å². The molecule has 0 saturated heterocycles. The van der Waals surface area contributed by atoms with Crippen molar-refractivity contribution in [3.63, 3.8) is 0 Å². The van der Waals surface area contributed by atoms with Gasteiger partial charge in [-0.3, -0.25) is 9.59 Å². The quantitative estimate of drug-likeness (QED) is 0.0737. The van der Waals surface area contributed by atoms with E-state index in [-0.39, 0.29) is 38.1 Å². The molecular formula is C18H38N4O6S3. The Hall–Kier alpha value is -0.250. The molecule has 0 aliphatic carbocycles. The van der Waals surface area contributed by atoms with E-state index in [1.807, 2.05) is 0 Å². The fourth-order valence-electron chi connectivity index (χ4n) is 2.13. The van der Waals surface area contributed by atoms with E-state index in [0.717, 1.165) is 0 Å². The minimum atomic E-state index is -0.630. The molecule has 0 aromatic carbocycles. The predicted octanol–water partition coefficient (Wildman–Crippen LogP) is -1.31. The summed E-state index contributed by atoms with van der Waals surface area (Å²) in [6, 6.07) is -0.924. The highest BCUT2D eigenvalue weighted by atomic mass is 33.5. The summed E-state index contributed by atoms with van der Waals surface area (Å²) in [6.07, 6.45) is -0.185. The van der Waals surface area contributed by atoms with Gasteiger partial charge in [0.2, 0.25) is 11.8 Å². The first-order valence-electron chi connectivity index (χ1n) is 10.3. The molecule has 0 rings (SSSR count). The maximum atomic E-state index is 12.3. The fourth-order valence-corrected chi connectivity index (χ4v) is 6.09. The lowest BCUT2D eigenvalue weighted by molar-refractivity contribution is -0.123. The maximum absolute atomic E-state index is 12.3. The Balaban J connectivity index is 4.45. The lowest BCUT2D eigenvalue weighted by atomic mass is 10.3. The number of carbonyl (C=O) groups is 2. The molecule has 0 fully saturated rings. The highest BCUT2D eigenvalue weighted by Crippen LogP contribution is 2.35. The molecule has 4 atom stereocenters. The zero-order valence-electron chi connectivity index (χ0n) is 18.2. The molecule has 10 nitrogen and oxygen atoms in total. The fraction of sp³-hybridized carbons (Fsp3) is 0.889. The van der Waals surface area contributed by atoms with Gasteiger partial charge in [0.1, 0.15) is 0 Å². The summed E-state index contributed by atoms with van der Waals surface area (Å²) in [4.78, 5) is 24.6. The van der Waals surface area contributed by atoms with E-state index in [4.69, 9.17) is 10.2 Å². The third-order valence-electron chi connectivity index (χ3n) is 3.79. The molecular weight excluding hydrogens is 464 g/mol. The zero-order valence-corrected chi connectivity index (χ0v) is 20.7. The monoisotopic (exact) mass is 502 g/mol. The van der Waals surface area contributed by atoms with Gasteiger partial charge in [-0.1, -0.05) is 21.6 Å². The van der Waals surface area contributed by atoms with Gasteiger partial charge in [0, 0.05) is 37.8 Å². The van der Waals surface area contributed by atoms with Crippen LogP contribution in [0.4, 0.5) is 0 Å². The number of hydrogen-bond donors (Lipinski definition) is 8. The Labute approximate surface area is 196 Å². The Morgan fingerprint density at radius 1 is 0.774 bits per heavy atom. The van der Waals surface area contributed by atoms with Crippen LogP contribution in [0, 0.1) is 0 Å². The van der Waals surface area contributed by atoms with Gasteiger partial charge in [-0.15, -0.1) is 0 Å². The van der Waals surface area contributed by atoms with Crippen molar-refractivity contribution in [1.29, 1.82) is 0 Å². The highest BCUT2D eigenvalue weighted by Gasteiger charge is 2.20. The molecule has 0 aromatic heterocycles. The van der Waals surface area contributed by atoms with E-state index in [0.29, 0.717) is 37.4 Å². The summed E-state index contributed by atoms with van der Waals surface area (Å²) in [6.45, 7) is 4.61. The standard InChI is InChI=1S/C18H38N4O6S3/c1-13(25)9-21-17(27)15(19-5-3-7-23)11-29-31-30-12-16(20-6-4-8-24)18(28)22-10-14(2)26/h13-16,19-20,23-26H,3-12H2,1-2H3,(H,21,27)(H,22,28)/t13-,14+,15-,16-/m0/s1. The first kappa shape index (κ1) is 30.8. The molecule has 184 valence electrons. The topological polar surface area (TPSA) is 163 Å². The van der Waals surface area contributed by atoms with Crippen molar-refractivity contribution in [2.45, 2.75) is 51.0 Å². The van der Waals surface area contributed by atoms with Crippen molar-refractivity contribution in [2.24, 2.45) is 0 Å². The zero-order chi connectivity index (χ0) is 23.5. The average Bonchev–Trinajstić information content (AvgIpc) is 2.73. The van der Waals surface area contributed by atoms with Gasteiger partial charge in [0.05, 0.1) is 24.3 Å². The molecule has 0 radical (unpaired) electrons. The van der Waals surface area contributed by atoms with Gasteiger partial charge >= 0.3 is 0 Å². The summed E-state index contributed by atoms with van der Waals surface area (Å²) < 4.78 is 0. The normalized spacial score (nSPS) is 15.2. The number of rotatable bonds is 20. The van der Waals surface area contributed by atoms with Gasteiger partial charge in [-0.25, -0.2) is 0 Å². The van der Waals surface area contributed by atoms with Crippen LogP contribution in [0.15, 0.2) is 0 Å². The predicted molar refractivity (Wildman–Crippen MR) is 129 cm³/mol. The van der Waals surface area contributed by atoms with E-state index in [1.54, 1.807) is 13.8 Å². The van der Waals surface area contributed by atoms with Crippen LogP contribution < -0.4 is 21.3 Å². The lowest BCUT2D eigenvalue weighted by Crippen LogP contribution is -2.48. The van der Waals surface area contributed by atoms with Crippen LogP contribution in [0.25, 0.3) is 0 Å². The molecule has 0 heterocycles. The number of carbonyl (C=O) groups excluding carboxylic acids is 2. The van der Waals surface area contributed by atoms with Crippen LogP contribution in [-0.2, 0) is 9.59 Å². The summed E-state index contributed by atoms with van der Waals surface area (Å²) in [5.41, 5.74) is 0. The van der Waals surface area contributed by atoms with Crippen molar-refractivity contribution in [3.8, 4) is 0 Å². The van der Waals surface area contributed by atoms with Crippen LogP contribution >= 0.6 is 31.4 Å². The molecule has 0 bridgehead atoms. The second-order valence-corrected chi connectivity index (χ2v) is 11.3. The van der Waals surface area contributed by atoms with Crippen molar-refractivity contribution in [2.75, 3.05) is 50.9 Å². The van der Waals surface area contributed by atoms with E-state index in [9.17, 15) is 19.8 Å². The lowest BCUT2D eigenvalue weighted by Gasteiger charge is -2.19. The first-order valence-corrected chi connectivity index (χ1v) is 14.1. The number of nitrogens with one attached hydrogen (secondary N) is 4. The van der Waals surface area contributed by atoms with Crippen molar-refractivity contribution in [3.05, 3.63) is 0 Å². The van der Waals surface area contributed by atoms with Gasteiger partial charge in [0.15, 0.2) is 0 Å². The number of aliphatic hydroxyl groups is 4. The Kier molecular flexibility index (Phi) is 20.2. The highest BCUT2D eigenvalue weighted by molar-refractivity contribution is 9.09. The van der Waals surface area contributed by atoms with Crippen LogP contribution in [-0.4, -0.2) is 107 Å². The average molecular weight is 503 g/mol. The Morgan fingerprint density at radius 3 is 1.48 bits per heavy atom. The Morgan fingerprint density at radius 2 is 1.16 bits per heavy atom. The minimum Gasteiger partial charge on any atom is -0.396 e. The van der Waals surface area contributed by atoms with Crippen molar-refractivity contribution >= 4 is 43.2 Å². The van der Waals surface area contributed by atoms with Gasteiger partial charge in [-0.2, -0.15) is 0 Å². The van der Waals surface area contributed by atoms with Gasteiger partial charge in [0.25, 0.3) is 0 Å². The molecule has 0 unspecified atom stereocenters. The molecule has 13 heteroatoms. The number of amides is 2. The third-order valence-corrected chi connectivity index (χ3v) is 8.05. The minimum absolute atomic E-state index is 0.0363. The molecule has 8 N–H and O–H groups in total. The van der Waals surface area contributed by atoms with Crippen molar-refractivity contribution < 1.29 is 30.0 Å². The SMILES string of the molecule is C[C@H](O)CNC(=O)[C@H](CSSSC[C@H](NCCCO)C(=O)NC[C@@H](C)O)NCCCO. The van der Waals surface area contributed by atoms with Crippen LogP contribution in [0.2, 0.25) is 0 Å². The summed E-state index contributed by atoms with van der Waals surface area (Å²) in [7, 11) is 4.42.